The molecule has 0 heterocycles. The molecule has 0 amide bonds. The predicted octanol–water partition coefficient (Wildman–Crippen LogP) is 0.988. The number of nitrogens with two attached hydrogens (primary N) is 1. The lowest BCUT2D eigenvalue weighted by Crippen LogP contribution is -2.30. The van der Waals surface area contributed by atoms with Crippen molar-refractivity contribution in [3.05, 3.63) is 0 Å². The topological polar surface area (TPSA) is 63.3 Å². The van der Waals surface area contributed by atoms with Gasteiger partial charge in [0.05, 0.1) is 5.92 Å². The average molecular weight is 185 g/mol. The molecule has 3 N–H and O–H groups in total. The van der Waals surface area contributed by atoms with Crippen LogP contribution in [-0.4, -0.2) is 23.8 Å². The fraction of sp³-hybridized carbons (Fsp3) is 0.833. The SMILES string of the molecule is NCC(CCC(=O)O)C(F)(F)F. The molecule has 0 aliphatic rings. The van der Waals surface area contributed by atoms with Crippen LogP contribution >= 0.6 is 0 Å². The Morgan fingerprint density at radius 1 is 1.50 bits per heavy atom. The van der Waals surface area contributed by atoms with E-state index in [9.17, 15) is 18.0 Å². The van der Waals surface area contributed by atoms with Crippen LogP contribution in [0.5, 0.6) is 0 Å². The third kappa shape index (κ3) is 4.17. The molecule has 0 aliphatic heterocycles. The van der Waals surface area contributed by atoms with Gasteiger partial charge in [-0.2, -0.15) is 13.2 Å². The summed E-state index contributed by atoms with van der Waals surface area (Å²) in [4.78, 5) is 9.94. The van der Waals surface area contributed by atoms with E-state index in [1.165, 1.54) is 0 Å². The smallest absolute Gasteiger partial charge is 0.393 e. The Labute approximate surface area is 67.4 Å². The Hall–Kier alpha value is -0.780. The first kappa shape index (κ1) is 11.2. The van der Waals surface area contributed by atoms with Gasteiger partial charge in [-0.1, -0.05) is 0 Å². The molecule has 0 rings (SSSR count). The molecule has 0 fully saturated rings. The minimum absolute atomic E-state index is 0.449. The van der Waals surface area contributed by atoms with Crippen molar-refractivity contribution in [2.75, 3.05) is 6.54 Å². The molecule has 1 atom stereocenters. The number of rotatable bonds is 4. The van der Waals surface area contributed by atoms with E-state index in [1.54, 1.807) is 0 Å². The van der Waals surface area contributed by atoms with Gasteiger partial charge in [-0.05, 0) is 6.42 Å². The molecular weight excluding hydrogens is 175 g/mol. The van der Waals surface area contributed by atoms with E-state index >= 15 is 0 Å². The van der Waals surface area contributed by atoms with E-state index in [-0.39, 0.29) is 0 Å². The van der Waals surface area contributed by atoms with Crippen LogP contribution < -0.4 is 5.73 Å². The molecule has 0 aliphatic carbocycles. The van der Waals surface area contributed by atoms with Crippen molar-refractivity contribution in [1.29, 1.82) is 0 Å². The molecule has 1 unspecified atom stereocenters. The largest absolute Gasteiger partial charge is 0.481 e. The minimum Gasteiger partial charge on any atom is -0.481 e. The summed E-state index contributed by atoms with van der Waals surface area (Å²) in [5.74, 6) is -2.94. The fourth-order valence-electron chi connectivity index (χ4n) is 0.713. The van der Waals surface area contributed by atoms with Crippen molar-refractivity contribution in [3.63, 3.8) is 0 Å². The number of carboxylic acids is 1. The first-order valence-electron chi connectivity index (χ1n) is 3.36. The van der Waals surface area contributed by atoms with Crippen molar-refractivity contribution in [2.24, 2.45) is 11.7 Å². The molecule has 6 heteroatoms. The zero-order valence-electron chi connectivity index (χ0n) is 6.27. The number of aliphatic carboxylic acids is 1. The van der Waals surface area contributed by atoms with Crippen LogP contribution in [0.4, 0.5) is 13.2 Å². The molecule has 0 aromatic carbocycles. The zero-order chi connectivity index (χ0) is 9.78. The monoisotopic (exact) mass is 185 g/mol. The summed E-state index contributed by atoms with van der Waals surface area (Å²) in [6, 6.07) is 0. The van der Waals surface area contributed by atoms with Gasteiger partial charge in [-0.25, -0.2) is 0 Å². The van der Waals surface area contributed by atoms with E-state index in [1.807, 2.05) is 0 Å². The Balaban J connectivity index is 3.92. The predicted molar refractivity (Wildman–Crippen MR) is 35.5 cm³/mol. The van der Waals surface area contributed by atoms with Crippen LogP contribution in [-0.2, 0) is 4.79 Å². The Morgan fingerprint density at radius 2 is 2.00 bits per heavy atom. The highest BCUT2D eigenvalue weighted by atomic mass is 19.4. The van der Waals surface area contributed by atoms with Crippen LogP contribution in [0, 0.1) is 5.92 Å². The van der Waals surface area contributed by atoms with Crippen molar-refractivity contribution in [2.45, 2.75) is 19.0 Å². The molecule has 0 aromatic heterocycles. The summed E-state index contributed by atoms with van der Waals surface area (Å²) in [6.45, 7) is -0.559. The van der Waals surface area contributed by atoms with Crippen molar-refractivity contribution in [3.8, 4) is 0 Å². The minimum atomic E-state index is -4.38. The molecule has 0 bridgehead atoms. The number of hydrogen-bond acceptors (Lipinski definition) is 2. The van der Waals surface area contributed by atoms with E-state index in [0.717, 1.165) is 0 Å². The van der Waals surface area contributed by atoms with Crippen LogP contribution in [0.25, 0.3) is 0 Å². The third-order valence-electron chi connectivity index (χ3n) is 1.45. The maximum Gasteiger partial charge on any atom is 0.393 e. The molecule has 0 aromatic rings. The highest BCUT2D eigenvalue weighted by Gasteiger charge is 2.38. The standard InChI is InChI=1S/C6H10F3NO2/c7-6(8,9)4(3-10)1-2-5(11)12/h4H,1-3,10H2,(H,11,12). The number of alkyl halides is 3. The fourth-order valence-corrected chi connectivity index (χ4v) is 0.713. The molecule has 0 saturated heterocycles. The third-order valence-corrected chi connectivity index (χ3v) is 1.45. The lowest BCUT2D eigenvalue weighted by Gasteiger charge is -2.16. The number of carbonyl (C=O) groups is 1. The first-order chi connectivity index (χ1) is 5.38. The summed E-state index contributed by atoms with van der Waals surface area (Å²) in [7, 11) is 0. The van der Waals surface area contributed by atoms with E-state index < -0.39 is 37.4 Å². The lowest BCUT2D eigenvalue weighted by atomic mass is 10.0. The quantitative estimate of drug-likeness (QED) is 0.686. The molecule has 3 nitrogen and oxygen atoms in total. The Bertz CT molecular complexity index is 157. The maximum absolute atomic E-state index is 11.9. The van der Waals surface area contributed by atoms with E-state index in [4.69, 9.17) is 10.8 Å². The number of hydrogen-bond donors (Lipinski definition) is 2. The first-order valence-corrected chi connectivity index (χ1v) is 3.36. The average Bonchev–Trinajstić information content (AvgIpc) is 1.85. The second kappa shape index (κ2) is 4.30. The van der Waals surface area contributed by atoms with Crippen LogP contribution in [0.15, 0.2) is 0 Å². The molecule has 12 heavy (non-hydrogen) atoms. The maximum atomic E-state index is 11.9. The molecule has 0 radical (unpaired) electrons. The van der Waals surface area contributed by atoms with Crippen molar-refractivity contribution in [1.82, 2.24) is 0 Å². The Kier molecular flexibility index (Phi) is 4.02. The summed E-state index contributed by atoms with van der Waals surface area (Å²) >= 11 is 0. The highest BCUT2D eigenvalue weighted by molar-refractivity contribution is 5.66. The summed E-state index contributed by atoms with van der Waals surface area (Å²) in [6.07, 6.45) is -5.33. The van der Waals surface area contributed by atoms with Crippen molar-refractivity contribution >= 4 is 5.97 Å². The molecule has 0 spiro atoms. The molecule has 72 valence electrons. The number of carboxylic acid groups (broad SMARTS) is 1. The molecule has 0 saturated carbocycles. The van der Waals surface area contributed by atoms with Gasteiger partial charge in [-0.15, -0.1) is 0 Å². The van der Waals surface area contributed by atoms with Gasteiger partial charge < -0.3 is 10.8 Å². The van der Waals surface area contributed by atoms with Gasteiger partial charge in [0.2, 0.25) is 0 Å². The van der Waals surface area contributed by atoms with Gasteiger partial charge in [0.25, 0.3) is 0 Å². The van der Waals surface area contributed by atoms with Gasteiger partial charge in [-0.3, -0.25) is 4.79 Å². The van der Waals surface area contributed by atoms with Gasteiger partial charge in [0.1, 0.15) is 0 Å². The highest BCUT2D eigenvalue weighted by Crippen LogP contribution is 2.28. The van der Waals surface area contributed by atoms with Crippen LogP contribution in [0.3, 0.4) is 0 Å². The van der Waals surface area contributed by atoms with Crippen LogP contribution in [0.1, 0.15) is 12.8 Å². The Morgan fingerprint density at radius 3 is 2.25 bits per heavy atom. The normalized spacial score (nSPS) is 14.3. The zero-order valence-corrected chi connectivity index (χ0v) is 6.27. The van der Waals surface area contributed by atoms with Gasteiger partial charge in [0.15, 0.2) is 0 Å². The van der Waals surface area contributed by atoms with Crippen LogP contribution in [0.2, 0.25) is 0 Å². The van der Waals surface area contributed by atoms with Gasteiger partial charge >= 0.3 is 12.1 Å². The summed E-state index contributed by atoms with van der Waals surface area (Å²) in [5.41, 5.74) is 4.83. The summed E-state index contributed by atoms with van der Waals surface area (Å²) in [5, 5.41) is 8.12. The lowest BCUT2D eigenvalue weighted by molar-refractivity contribution is -0.174. The van der Waals surface area contributed by atoms with E-state index in [2.05, 4.69) is 0 Å². The number of halogens is 3. The summed E-state index contributed by atoms with van der Waals surface area (Å²) < 4.78 is 35.7. The molecular formula is C6H10F3NO2. The van der Waals surface area contributed by atoms with Crippen molar-refractivity contribution < 1.29 is 23.1 Å². The van der Waals surface area contributed by atoms with Gasteiger partial charge in [0, 0.05) is 13.0 Å². The van der Waals surface area contributed by atoms with E-state index in [0.29, 0.717) is 0 Å². The second-order valence-electron chi connectivity index (χ2n) is 2.41. The second-order valence-corrected chi connectivity index (χ2v) is 2.41.